The molecule has 4 rings (SSSR count). The molecule has 0 radical (unpaired) electrons. The number of nitrogens with two attached hydrogens (primary N) is 1. The molecule has 1 aliphatic carbocycles. The molecule has 138 valence electrons. The van der Waals surface area contributed by atoms with Crippen molar-refractivity contribution in [1.82, 2.24) is 10.1 Å². The van der Waals surface area contributed by atoms with Crippen LogP contribution in [0.3, 0.4) is 0 Å². The highest BCUT2D eigenvalue weighted by Crippen LogP contribution is 2.26. The SMILES string of the molecule is Nc1ncccc1-c1cc(Cc2ccc(/C=C/C3CCCCC3)cc2)no1. The van der Waals surface area contributed by atoms with Gasteiger partial charge in [0.05, 0.1) is 11.3 Å². The van der Waals surface area contributed by atoms with Gasteiger partial charge in [-0.05, 0) is 42.0 Å². The Morgan fingerprint density at radius 3 is 2.67 bits per heavy atom. The highest BCUT2D eigenvalue weighted by atomic mass is 16.5. The zero-order valence-electron chi connectivity index (χ0n) is 15.5. The van der Waals surface area contributed by atoms with Gasteiger partial charge in [0, 0.05) is 18.7 Å². The number of rotatable bonds is 5. The lowest BCUT2D eigenvalue weighted by molar-refractivity contribution is 0.420. The maximum atomic E-state index is 5.91. The standard InChI is InChI=1S/C23H25N3O/c24-23-21(7-4-14-25-23)22-16-20(26-27-22)15-19-12-10-18(11-13-19)9-8-17-5-2-1-3-6-17/h4,7-14,16-17H,1-3,5-6,15H2,(H2,24,25)/b9-8+. The van der Waals surface area contributed by atoms with Crippen LogP contribution in [0.1, 0.15) is 48.9 Å². The van der Waals surface area contributed by atoms with E-state index >= 15 is 0 Å². The van der Waals surface area contributed by atoms with Crippen molar-refractivity contribution in [2.24, 2.45) is 5.92 Å². The van der Waals surface area contributed by atoms with Crippen molar-refractivity contribution < 1.29 is 4.52 Å². The number of hydrogen-bond acceptors (Lipinski definition) is 4. The van der Waals surface area contributed by atoms with E-state index in [9.17, 15) is 0 Å². The van der Waals surface area contributed by atoms with Crippen LogP contribution in [0.15, 0.2) is 59.3 Å². The van der Waals surface area contributed by atoms with Gasteiger partial charge in [-0.15, -0.1) is 0 Å². The second-order valence-corrected chi connectivity index (χ2v) is 7.29. The third-order valence-corrected chi connectivity index (χ3v) is 5.24. The normalized spacial score (nSPS) is 15.4. The molecule has 0 spiro atoms. The quantitative estimate of drug-likeness (QED) is 0.653. The number of pyridine rings is 1. The first-order valence-electron chi connectivity index (χ1n) is 9.71. The molecular weight excluding hydrogens is 334 g/mol. The van der Waals surface area contributed by atoms with Gasteiger partial charge >= 0.3 is 0 Å². The lowest BCUT2D eigenvalue weighted by Gasteiger charge is -2.17. The molecule has 0 bridgehead atoms. The first-order chi connectivity index (χ1) is 13.3. The van der Waals surface area contributed by atoms with Crippen molar-refractivity contribution in [2.45, 2.75) is 38.5 Å². The monoisotopic (exact) mass is 359 g/mol. The van der Waals surface area contributed by atoms with Crippen molar-refractivity contribution in [1.29, 1.82) is 0 Å². The molecule has 27 heavy (non-hydrogen) atoms. The number of allylic oxidation sites excluding steroid dienone is 1. The summed E-state index contributed by atoms with van der Waals surface area (Å²) in [6.07, 6.45) is 13.9. The molecule has 3 aromatic rings. The molecule has 1 saturated carbocycles. The Labute approximate surface area is 160 Å². The summed E-state index contributed by atoms with van der Waals surface area (Å²) in [6, 6.07) is 14.3. The molecule has 1 fully saturated rings. The smallest absolute Gasteiger partial charge is 0.170 e. The van der Waals surface area contributed by atoms with E-state index in [-0.39, 0.29) is 0 Å². The molecule has 4 nitrogen and oxygen atoms in total. The minimum atomic E-state index is 0.453. The number of hydrogen-bond donors (Lipinski definition) is 1. The fourth-order valence-corrected chi connectivity index (χ4v) is 3.68. The van der Waals surface area contributed by atoms with Gasteiger partial charge in [0.2, 0.25) is 0 Å². The van der Waals surface area contributed by atoms with Crippen molar-refractivity contribution in [3.05, 3.63) is 71.6 Å². The maximum absolute atomic E-state index is 5.91. The molecule has 1 aromatic carbocycles. The van der Waals surface area contributed by atoms with Crippen LogP contribution >= 0.6 is 0 Å². The summed E-state index contributed by atoms with van der Waals surface area (Å²) < 4.78 is 5.45. The van der Waals surface area contributed by atoms with Crippen LogP contribution in [0.4, 0.5) is 5.82 Å². The Kier molecular flexibility index (Phi) is 5.33. The van der Waals surface area contributed by atoms with Crippen LogP contribution in [0.2, 0.25) is 0 Å². The third-order valence-electron chi connectivity index (χ3n) is 5.24. The van der Waals surface area contributed by atoms with E-state index in [2.05, 4.69) is 46.6 Å². The Morgan fingerprint density at radius 2 is 1.89 bits per heavy atom. The zero-order chi connectivity index (χ0) is 18.5. The van der Waals surface area contributed by atoms with Gasteiger partial charge in [-0.2, -0.15) is 0 Å². The summed E-state index contributed by atoms with van der Waals surface area (Å²) in [7, 11) is 0. The highest BCUT2D eigenvalue weighted by Gasteiger charge is 2.11. The highest BCUT2D eigenvalue weighted by molar-refractivity contribution is 5.69. The number of nitrogen functional groups attached to an aromatic ring is 1. The maximum Gasteiger partial charge on any atom is 0.170 e. The number of anilines is 1. The van der Waals surface area contributed by atoms with Crippen LogP contribution < -0.4 is 5.73 Å². The van der Waals surface area contributed by atoms with Gasteiger partial charge < -0.3 is 10.3 Å². The van der Waals surface area contributed by atoms with Crippen LogP contribution in [-0.2, 0) is 6.42 Å². The summed E-state index contributed by atoms with van der Waals surface area (Å²) >= 11 is 0. The Morgan fingerprint density at radius 1 is 1.07 bits per heavy atom. The van der Waals surface area contributed by atoms with Gasteiger partial charge in [0.25, 0.3) is 0 Å². The van der Waals surface area contributed by atoms with Gasteiger partial charge in [-0.25, -0.2) is 4.98 Å². The minimum absolute atomic E-state index is 0.453. The molecule has 2 N–H and O–H groups in total. The van der Waals surface area contributed by atoms with E-state index in [0.29, 0.717) is 11.6 Å². The van der Waals surface area contributed by atoms with Crippen molar-refractivity contribution in [3.8, 4) is 11.3 Å². The molecule has 1 aliphatic rings. The Balaban J connectivity index is 1.40. The number of aromatic nitrogens is 2. The lowest BCUT2D eigenvalue weighted by atomic mass is 9.89. The van der Waals surface area contributed by atoms with E-state index < -0.39 is 0 Å². The van der Waals surface area contributed by atoms with E-state index in [0.717, 1.165) is 23.6 Å². The molecule has 0 saturated heterocycles. The molecule has 0 atom stereocenters. The van der Waals surface area contributed by atoms with E-state index in [1.807, 2.05) is 18.2 Å². The Bertz CT molecular complexity index is 905. The van der Waals surface area contributed by atoms with Gasteiger partial charge in [-0.1, -0.05) is 60.8 Å². The fourth-order valence-electron chi connectivity index (χ4n) is 3.68. The second kappa shape index (κ2) is 8.21. The van der Waals surface area contributed by atoms with E-state index in [1.54, 1.807) is 6.20 Å². The van der Waals surface area contributed by atoms with Gasteiger partial charge in [-0.3, -0.25) is 0 Å². The fraction of sp³-hybridized carbons (Fsp3) is 0.304. The molecule has 0 aliphatic heterocycles. The lowest BCUT2D eigenvalue weighted by Crippen LogP contribution is -2.02. The Hall–Kier alpha value is -2.88. The van der Waals surface area contributed by atoms with Crippen LogP contribution in [0.5, 0.6) is 0 Å². The number of nitrogens with zero attached hydrogens (tertiary/aromatic N) is 2. The summed E-state index contributed by atoms with van der Waals surface area (Å²) in [5.74, 6) is 1.86. The van der Waals surface area contributed by atoms with E-state index in [1.165, 1.54) is 43.2 Å². The predicted octanol–water partition coefficient (Wildman–Crippen LogP) is 5.50. The van der Waals surface area contributed by atoms with Crippen molar-refractivity contribution in [3.63, 3.8) is 0 Å². The molecule has 2 heterocycles. The first-order valence-corrected chi connectivity index (χ1v) is 9.71. The average molecular weight is 359 g/mol. The first kappa shape index (κ1) is 17.5. The largest absolute Gasteiger partial charge is 0.383 e. The second-order valence-electron chi connectivity index (χ2n) is 7.29. The summed E-state index contributed by atoms with van der Waals surface area (Å²) in [4.78, 5) is 4.09. The molecule has 2 aromatic heterocycles. The molecule has 0 amide bonds. The van der Waals surface area contributed by atoms with E-state index in [4.69, 9.17) is 10.3 Å². The molecule has 4 heteroatoms. The molecule has 0 unspecified atom stereocenters. The summed E-state index contributed by atoms with van der Waals surface area (Å²) in [6.45, 7) is 0. The van der Waals surface area contributed by atoms with Crippen molar-refractivity contribution >= 4 is 11.9 Å². The third kappa shape index (κ3) is 4.45. The topological polar surface area (TPSA) is 64.9 Å². The summed E-state index contributed by atoms with van der Waals surface area (Å²) in [5.41, 5.74) is 10.0. The predicted molar refractivity (Wildman–Crippen MR) is 109 cm³/mol. The van der Waals surface area contributed by atoms with Gasteiger partial charge in [0.1, 0.15) is 5.82 Å². The van der Waals surface area contributed by atoms with Crippen LogP contribution in [0.25, 0.3) is 17.4 Å². The average Bonchev–Trinajstić information content (AvgIpc) is 3.17. The van der Waals surface area contributed by atoms with Crippen LogP contribution in [-0.4, -0.2) is 10.1 Å². The molecular formula is C23H25N3O. The summed E-state index contributed by atoms with van der Waals surface area (Å²) in [5, 5.41) is 4.18. The minimum Gasteiger partial charge on any atom is -0.383 e. The zero-order valence-corrected chi connectivity index (χ0v) is 15.5. The van der Waals surface area contributed by atoms with Gasteiger partial charge in [0.15, 0.2) is 5.76 Å². The van der Waals surface area contributed by atoms with Crippen molar-refractivity contribution in [2.75, 3.05) is 5.73 Å². The van der Waals surface area contributed by atoms with Crippen LogP contribution in [0, 0.1) is 5.92 Å². The number of benzene rings is 1.